The summed E-state index contributed by atoms with van der Waals surface area (Å²) in [5.74, 6) is -2.12. The van der Waals surface area contributed by atoms with Gasteiger partial charge in [-0.3, -0.25) is 14.3 Å². The van der Waals surface area contributed by atoms with Crippen LogP contribution in [0.4, 0.5) is 13.2 Å². The SMILES string of the molecule is Cc1nn(C)c(C)c1C(=O)NC(CC(=O)O)c1ccc(OC(F)(F)F)cc1. The number of aromatic nitrogens is 2. The van der Waals surface area contributed by atoms with Crippen molar-refractivity contribution in [2.75, 3.05) is 0 Å². The van der Waals surface area contributed by atoms with Crippen molar-refractivity contribution in [3.05, 3.63) is 46.8 Å². The van der Waals surface area contributed by atoms with E-state index in [1.54, 1.807) is 20.9 Å². The molecule has 1 amide bonds. The van der Waals surface area contributed by atoms with Crippen LogP contribution in [0.25, 0.3) is 0 Å². The van der Waals surface area contributed by atoms with E-state index in [1.165, 1.54) is 16.8 Å². The number of aryl methyl sites for hydroxylation is 2. The summed E-state index contributed by atoms with van der Waals surface area (Å²) in [5.41, 5.74) is 1.74. The van der Waals surface area contributed by atoms with Crippen LogP contribution in [-0.4, -0.2) is 33.1 Å². The highest BCUT2D eigenvalue weighted by Gasteiger charge is 2.31. The van der Waals surface area contributed by atoms with Gasteiger partial charge < -0.3 is 15.2 Å². The van der Waals surface area contributed by atoms with Gasteiger partial charge in [0.2, 0.25) is 0 Å². The largest absolute Gasteiger partial charge is 0.573 e. The maximum absolute atomic E-state index is 12.6. The van der Waals surface area contributed by atoms with Gasteiger partial charge in [0.25, 0.3) is 5.91 Å². The van der Waals surface area contributed by atoms with E-state index in [0.717, 1.165) is 12.1 Å². The number of halogens is 3. The van der Waals surface area contributed by atoms with E-state index in [1.807, 2.05) is 0 Å². The molecule has 0 radical (unpaired) electrons. The quantitative estimate of drug-likeness (QED) is 0.798. The minimum Gasteiger partial charge on any atom is -0.481 e. The molecule has 2 rings (SSSR count). The fraction of sp³-hybridized carbons (Fsp3) is 0.353. The number of carboxylic acid groups (broad SMARTS) is 1. The highest BCUT2D eigenvalue weighted by molar-refractivity contribution is 5.96. The van der Waals surface area contributed by atoms with Crippen molar-refractivity contribution in [3.63, 3.8) is 0 Å². The molecule has 0 fully saturated rings. The number of rotatable bonds is 6. The van der Waals surface area contributed by atoms with Crippen molar-refractivity contribution in [2.45, 2.75) is 32.7 Å². The molecule has 0 saturated carbocycles. The summed E-state index contributed by atoms with van der Waals surface area (Å²) in [7, 11) is 1.67. The number of nitrogens with zero attached hydrogens (tertiary/aromatic N) is 2. The molecule has 0 aliphatic rings. The number of alkyl halides is 3. The Morgan fingerprint density at radius 2 is 1.85 bits per heavy atom. The highest BCUT2D eigenvalue weighted by Crippen LogP contribution is 2.26. The first kappa shape index (κ1) is 20.3. The number of aliphatic carboxylic acids is 1. The molecule has 0 aliphatic carbocycles. The van der Waals surface area contributed by atoms with Crippen LogP contribution in [0, 0.1) is 13.8 Å². The van der Waals surface area contributed by atoms with Crippen LogP contribution < -0.4 is 10.1 Å². The third-order valence-corrected chi connectivity index (χ3v) is 3.94. The van der Waals surface area contributed by atoms with Crippen molar-refractivity contribution in [2.24, 2.45) is 7.05 Å². The van der Waals surface area contributed by atoms with Gasteiger partial charge in [0, 0.05) is 12.7 Å². The Labute approximate surface area is 152 Å². The van der Waals surface area contributed by atoms with Gasteiger partial charge >= 0.3 is 12.3 Å². The third-order valence-electron chi connectivity index (χ3n) is 3.94. The van der Waals surface area contributed by atoms with Crippen LogP contribution in [0.5, 0.6) is 5.75 Å². The normalized spacial score (nSPS) is 12.5. The van der Waals surface area contributed by atoms with E-state index in [4.69, 9.17) is 5.11 Å². The first-order valence-corrected chi connectivity index (χ1v) is 7.86. The minimum absolute atomic E-state index is 0.324. The lowest BCUT2D eigenvalue weighted by molar-refractivity contribution is -0.274. The summed E-state index contributed by atoms with van der Waals surface area (Å²) in [6.45, 7) is 3.35. The minimum atomic E-state index is -4.83. The molecule has 0 bridgehead atoms. The molecule has 7 nitrogen and oxygen atoms in total. The Morgan fingerprint density at radius 3 is 2.30 bits per heavy atom. The van der Waals surface area contributed by atoms with Gasteiger partial charge in [0.1, 0.15) is 5.75 Å². The Kier molecular flexibility index (Phi) is 5.77. The fourth-order valence-corrected chi connectivity index (χ4v) is 2.66. The van der Waals surface area contributed by atoms with Gasteiger partial charge in [0.05, 0.1) is 23.7 Å². The van der Waals surface area contributed by atoms with Crippen LogP contribution in [0.2, 0.25) is 0 Å². The lowest BCUT2D eigenvalue weighted by atomic mass is 10.0. The second-order valence-corrected chi connectivity index (χ2v) is 5.91. The molecule has 1 unspecified atom stereocenters. The van der Waals surface area contributed by atoms with E-state index < -0.39 is 36.5 Å². The molecule has 0 aliphatic heterocycles. The van der Waals surface area contributed by atoms with E-state index in [2.05, 4.69) is 15.2 Å². The number of carbonyl (C=O) groups excluding carboxylic acids is 1. The van der Waals surface area contributed by atoms with Crippen LogP contribution in [0.1, 0.15) is 39.8 Å². The molecule has 1 heterocycles. The number of ether oxygens (including phenoxy) is 1. The number of amides is 1. The molecule has 0 saturated heterocycles. The van der Waals surface area contributed by atoms with Crippen molar-refractivity contribution >= 4 is 11.9 Å². The number of benzene rings is 1. The Morgan fingerprint density at radius 1 is 1.26 bits per heavy atom. The zero-order chi connectivity index (χ0) is 20.4. The van der Waals surface area contributed by atoms with E-state index in [9.17, 15) is 22.8 Å². The number of carboxylic acids is 1. The molecule has 0 spiro atoms. The van der Waals surface area contributed by atoms with Crippen molar-refractivity contribution < 1.29 is 32.6 Å². The first-order chi connectivity index (χ1) is 12.5. The zero-order valence-corrected chi connectivity index (χ0v) is 14.8. The second kappa shape index (κ2) is 7.68. The predicted molar refractivity (Wildman–Crippen MR) is 88.3 cm³/mol. The third kappa shape index (κ3) is 5.22. The smallest absolute Gasteiger partial charge is 0.481 e. The number of carbonyl (C=O) groups is 2. The molecule has 1 atom stereocenters. The molecule has 146 valence electrons. The molecule has 2 N–H and O–H groups in total. The molecule has 1 aromatic carbocycles. The Bertz CT molecular complexity index is 844. The van der Waals surface area contributed by atoms with Crippen molar-refractivity contribution in [1.82, 2.24) is 15.1 Å². The highest BCUT2D eigenvalue weighted by atomic mass is 19.4. The van der Waals surface area contributed by atoms with Gasteiger partial charge in [0.15, 0.2) is 0 Å². The molecular weight excluding hydrogens is 367 g/mol. The molecular formula is C17H18F3N3O4. The zero-order valence-electron chi connectivity index (χ0n) is 14.8. The van der Waals surface area contributed by atoms with E-state index >= 15 is 0 Å². The molecule has 10 heteroatoms. The number of hydrogen-bond donors (Lipinski definition) is 2. The maximum Gasteiger partial charge on any atom is 0.573 e. The topological polar surface area (TPSA) is 93.5 Å². The maximum atomic E-state index is 12.6. The molecule has 1 aromatic heterocycles. The average Bonchev–Trinajstić information content (AvgIpc) is 2.78. The Balaban J connectivity index is 2.25. The lowest BCUT2D eigenvalue weighted by Gasteiger charge is -2.18. The monoisotopic (exact) mass is 385 g/mol. The fourth-order valence-electron chi connectivity index (χ4n) is 2.66. The average molecular weight is 385 g/mol. The van der Waals surface area contributed by atoms with Gasteiger partial charge in [-0.05, 0) is 31.5 Å². The van der Waals surface area contributed by atoms with Crippen molar-refractivity contribution in [3.8, 4) is 5.75 Å². The summed E-state index contributed by atoms with van der Waals surface area (Å²) >= 11 is 0. The van der Waals surface area contributed by atoms with Crippen LogP contribution in [0.3, 0.4) is 0 Å². The van der Waals surface area contributed by atoms with Crippen LogP contribution >= 0.6 is 0 Å². The lowest BCUT2D eigenvalue weighted by Crippen LogP contribution is -2.31. The van der Waals surface area contributed by atoms with Gasteiger partial charge in [-0.25, -0.2) is 0 Å². The van der Waals surface area contributed by atoms with E-state index in [0.29, 0.717) is 22.5 Å². The number of hydrogen-bond acceptors (Lipinski definition) is 4. The second-order valence-electron chi connectivity index (χ2n) is 5.91. The summed E-state index contributed by atoms with van der Waals surface area (Å²) in [6.07, 6.45) is -5.27. The van der Waals surface area contributed by atoms with Crippen LogP contribution in [-0.2, 0) is 11.8 Å². The van der Waals surface area contributed by atoms with Crippen LogP contribution in [0.15, 0.2) is 24.3 Å². The summed E-state index contributed by atoms with van der Waals surface area (Å²) < 4.78 is 42.0. The van der Waals surface area contributed by atoms with E-state index in [-0.39, 0.29) is 0 Å². The molecule has 27 heavy (non-hydrogen) atoms. The van der Waals surface area contributed by atoms with Crippen molar-refractivity contribution in [1.29, 1.82) is 0 Å². The summed E-state index contributed by atoms with van der Waals surface area (Å²) in [4.78, 5) is 23.7. The summed E-state index contributed by atoms with van der Waals surface area (Å²) in [6, 6.07) is 3.74. The number of nitrogens with one attached hydrogen (secondary N) is 1. The standard InChI is InChI=1S/C17H18F3N3O4/c1-9-15(10(2)23(3)22-9)16(26)21-13(8-14(24)25)11-4-6-12(7-5-11)27-17(18,19)20/h4-7,13H,8H2,1-3H3,(H,21,26)(H,24,25). The van der Waals surface area contributed by atoms with Gasteiger partial charge in [-0.1, -0.05) is 12.1 Å². The Hall–Kier alpha value is -3.04. The van der Waals surface area contributed by atoms with Gasteiger partial charge in [-0.15, -0.1) is 13.2 Å². The summed E-state index contributed by atoms with van der Waals surface area (Å²) in [5, 5.41) is 15.9. The van der Waals surface area contributed by atoms with Gasteiger partial charge in [-0.2, -0.15) is 5.10 Å². The predicted octanol–water partition coefficient (Wildman–Crippen LogP) is 2.88. The molecule has 2 aromatic rings. The first-order valence-electron chi connectivity index (χ1n) is 7.86.